The highest BCUT2D eigenvalue weighted by Crippen LogP contribution is 2.17. The predicted molar refractivity (Wildman–Crippen MR) is 94.4 cm³/mol. The molecule has 0 spiro atoms. The molecule has 0 aliphatic rings. The molecule has 3 aromatic rings. The first-order chi connectivity index (χ1) is 11.7. The van der Waals surface area contributed by atoms with Crippen LogP contribution < -0.4 is 10.6 Å². The summed E-state index contributed by atoms with van der Waals surface area (Å²) in [6.07, 6.45) is 2.97. The summed E-state index contributed by atoms with van der Waals surface area (Å²) in [5.41, 5.74) is 2.22. The maximum absolute atomic E-state index is 12.1. The van der Waals surface area contributed by atoms with Gasteiger partial charge in [0.1, 0.15) is 0 Å². The Kier molecular flexibility index (Phi) is 5.03. The van der Waals surface area contributed by atoms with Crippen molar-refractivity contribution in [1.82, 2.24) is 15.3 Å². The summed E-state index contributed by atoms with van der Waals surface area (Å²) in [4.78, 5) is 20.4. The fourth-order valence-electron chi connectivity index (χ4n) is 2.09. The van der Waals surface area contributed by atoms with E-state index in [1.54, 1.807) is 12.1 Å². The van der Waals surface area contributed by atoms with Crippen LogP contribution in [0, 0.1) is 0 Å². The van der Waals surface area contributed by atoms with E-state index in [-0.39, 0.29) is 5.91 Å². The number of aromatic nitrogens is 2. The molecule has 0 radical (unpaired) electrons. The summed E-state index contributed by atoms with van der Waals surface area (Å²) in [5, 5.41) is 6.49. The number of carbonyl (C=O) groups excluding carboxylic acids is 1. The number of nitrogens with one attached hydrogen (secondary N) is 2. The lowest BCUT2D eigenvalue weighted by Crippen LogP contribution is -2.23. The Bertz CT molecular complexity index is 822. The lowest BCUT2D eigenvalue weighted by atomic mass is 10.2. The van der Waals surface area contributed by atoms with Gasteiger partial charge in [0.2, 0.25) is 5.95 Å². The van der Waals surface area contributed by atoms with Crippen molar-refractivity contribution < 1.29 is 4.79 Å². The summed E-state index contributed by atoms with van der Waals surface area (Å²) >= 11 is 5.93. The highest BCUT2D eigenvalue weighted by Gasteiger charge is 2.07. The van der Waals surface area contributed by atoms with Crippen LogP contribution in [0.1, 0.15) is 15.9 Å². The molecule has 5 nitrogen and oxygen atoms in total. The average molecular weight is 339 g/mol. The van der Waals surface area contributed by atoms with Crippen molar-refractivity contribution in [2.24, 2.45) is 0 Å². The van der Waals surface area contributed by atoms with Crippen LogP contribution >= 0.6 is 11.6 Å². The standard InChI is InChI=1S/C18H15ClN4O/c19-15-7-4-8-16(9-15)23-18-21-11-14(12-22-18)17(24)20-10-13-5-2-1-3-6-13/h1-9,11-12H,10H2,(H,20,24)(H,21,22,23). The van der Waals surface area contributed by atoms with E-state index in [0.717, 1.165) is 11.3 Å². The normalized spacial score (nSPS) is 10.2. The van der Waals surface area contributed by atoms with Crippen molar-refractivity contribution in [2.75, 3.05) is 5.32 Å². The van der Waals surface area contributed by atoms with Gasteiger partial charge in [0.05, 0.1) is 5.56 Å². The van der Waals surface area contributed by atoms with Crippen molar-refractivity contribution in [3.63, 3.8) is 0 Å². The van der Waals surface area contributed by atoms with Crippen molar-refractivity contribution in [2.45, 2.75) is 6.54 Å². The second-order valence-corrected chi connectivity index (χ2v) is 5.54. The van der Waals surface area contributed by atoms with E-state index in [9.17, 15) is 4.79 Å². The number of rotatable bonds is 5. The van der Waals surface area contributed by atoms with Crippen molar-refractivity contribution in [1.29, 1.82) is 0 Å². The lowest BCUT2D eigenvalue weighted by molar-refractivity contribution is 0.0950. The Morgan fingerprint density at radius 2 is 1.75 bits per heavy atom. The average Bonchev–Trinajstić information content (AvgIpc) is 2.61. The summed E-state index contributed by atoms with van der Waals surface area (Å²) in [6.45, 7) is 0.461. The van der Waals surface area contributed by atoms with Crippen molar-refractivity contribution in [3.05, 3.63) is 83.1 Å². The molecule has 0 aliphatic heterocycles. The molecule has 0 saturated heterocycles. The van der Waals surface area contributed by atoms with Gasteiger partial charge >= 0.3 is 0 Å². The Balaban J connectivity index is 1.60. The monoisotopic (exact) mass is 338 g/mol. The quantitative estimate of drug-likeness (QED) is 0.742. The number of nitrogens with zero attached hydrogens (tertiary/aromatic N) is 2. The van der Waals surface area contributed by atoms with Crippen LogP contribution in [0.4, 0.5) is 11.6 Å². The van der Waals surface area contributed by atoms with E-state index in [2.05, 4.69) is 20.6 Å². The highest BCUT2D eigenvalue weighted by atomic mass is 35.5. The number of halogens is 1. The molecule has 0 bridgehead atoms. The van der Waals surface area contributed by atoms with Gasteiger partial charge in [-0.1, -0.05) is 48.0 Å². The maximum atomic E-state index is 12.1. The van der Waals surface area contributed by atoms with Gasteiger partial charge in [-0.05, 0) is 23.8 Å². The SMILES string of the molecule is O=C(NCc1ccccc1)c1cnc(Nc2cccc(Cl)c2)nc1. The molecule has 0 unspecified atom stereocenters. The molecule has 1 aromatic heterocycles. The molecule has 0 atom stereocenters. The van der Waals surface area contributed by atoms with E-state index in [0.29, 0.717) is 23.1 Å². The van der Waals surface area contributed by atoms with Gasteiger partial charge in [-0.25, -0.2) is 9.97 Å². The van der Waals surface area contributed by atoms with Crippen LogP contribution in [0.2, 0.25) is 5.02 Å². The largest absolute Gasteiger partial charge is 0.348 e. The Morgan fingerprint density at radius 1 is 1.00 bits per heavy atom. The number of anilines is 2. The second kappa shape index (κ2) is 7.57. The minimum atomic E-state index is -0.215. The predicted octanol–water partition coefficient (Wildman–Crippen LogP) is 3.80. The Morgan fingerprint density at radius 3 is 2.46 bits per heavy atom. The zero-order valence-corrected chi connectivity index (χ0v) is 13.5. The maximum Gasteiger partial charge on any atom is 0.254 e. The molecule has 120 valence electrons. The van der Waals surface area contributed by atoms with Gasteiger partial charge in [-0.15, -0.1) is 0 Å². The van der Waals surface area contributed by atoms with Gasteiger partial charge in [0, 0.05) is 29.6 Å². The molecule has 3 rings (SSSR count). The smallest absolute Gasteiger partial charge is 0.254 e. The Labute approximate surface area is 144 Å². The van der Waals surface area contributed by atoms with Crippen LogP contribution in [0.15, 0.2) is 67.0 Å². The minimum absolute atomic E-state index is 0.215. The molecule has 2 aromatic carbocycles. The lowest BCUT2D eigenvalue weighted by Gasteiger charge is -2.07. The van der Waals surface area contributed by atoms with Gasteiger partial charge < -0.3 is 10.6 Å². The van der Waals surface area contributed by atoms with E-state index in [4.69, 9.17) is 11.6 Å². The summed E-state index contributed by atoms with van der Waals surface area (Å²) in [5.74, 6) is 0.185. The van der Waals surface area contributed by atoms with Crippen LogP contribution in [-0.2, 0) is 6.54 Å². The number of benzene rings is 2. The molecule has 24 heavy (non-hydrogen) atoms. The van der Waals surface area contributed by atoms with Crippen LogP contribution in [0.25, 0.3) is 0 Å². The van der Waals surface area contributed by atoms with E-state index in [1.165, 1.54) is 12.4 Å². The first-order valence-electron chi connectivity index (χ1n) is 7.37. The molecular weight excluding hydrogens is 324 g/mol. The zero-order valence-electron chi connectivity index (χ0n) is 12.7. The summed E-state index contributed by atoms with van der Waals surface area (Å²) < 4.78 is 0. The first-order valence-corrected chi connectivity index (χ1v) is 7.75. The third kappa shape index (κ3) is 4.30. The number of amides is 1. The number of carbonyl (C=O) groups is 1. The second-order valence-electron chi connectivity index (χ2n) is 5.10. The van der Waals surface area contributed by atoms with Gasteiger partial charge in [-0.2, -0.15) is 0 Å². The van der Waals surface area contributed by atoms with E-state index in [1.807, 2.05) is 42.5 Å². The molecule has 1 heterocycles. The summed E-state index contributed by atoms with van der Waals surface area (Å²) in [7, 11) is 0. The topological polar surface area (TPSA) is 66.9 Å². The molecule has 0 aliphatic carbocycles. The third-order valence-corrected chi connectivity index (χ3v) is 3.53. The van der Waals surface area contributed by atoms with Crippen LogP contribution in [-0.4, -0.2) is 15.9 Å². The molecular formula is C18H15ClN4O. The molecule has 2 N–H and O–H groups in total. The van der Waals surface area contributed by atoms with Crippen LogP contribution in [0.5, 0.6) is 0 Å². The van der Waals surface area contributed by atoms with Crippen molar-refractivity contribution in [3.8, 4) is 0 Å². The fraction of sp³-hybridized carbons (Fsp3) is 0.0556. The fourth-order valence-corrected chi connectivity index (χ4v) is 2.28. The van der Waals surface area contributed by atoms with E-state index >= 15 is 0 Å². The molecule has 6 heteroatoms. The Hall–Kier alpha value is -2.92. The number of hydrogen-bond donors (Lipinski definition) is 2. The first kappa shape index (κ1) is 16.0. The zero-order chi connectivity index (χ0) is 16.8. The molecule has 0 fully saturated rings. The van der Waals surface area contributed by atoms with Gasteiger partial charge in [-0.3, -0.25) is 4.79 Å². The minimum Gasteiger partial charge on any atom is -0.348 e. The van der Waals surface area contributed by atoms with Gasteiger partial charge in [0.15, 0.2) is 0 Å². The van der Waals surface area contributed by atoms with Gasteiger partial charge in [0.25, 0.3) is 5.91 Å². The number of hydrogen-bond acceptors (Lipinski definition) is 4. The molecule has 0 saturated carbocycles. The van der Waals surface area contributed by atoms with Crippen LogP contribution in [0.3, 0.4) is 0 Å². The summed E-state index contributed by atoms with van der Waals surface area (Å²) in [6, 6.07) is 16.9. The van der Waals surface area contributed by atoms with Crippen molar-refractivity contribution >= 4 is 29.1 Å². The third-order valence-electron chi connectivity index (χ3n) is 3.29. The molecule has 1 amide bonds. The highest BCUT2D eigenvalue weighted by molar-refractivity contribution is 6.30. The van der Waals surface area contributed by atoms with E-state index < -0.39 is 0 Å².